The van der Waals surface area contributed by atoms with Crippen molar-refractivity contribution in [3.8, 4) is 5.69 Å². The van der Waals surface area contributed by atoms with E-state index < -0.39 is 16.1 Å². The highest BCUT2D eigenvalue weighted by molar-refractivity contribution is 7.91. The summed E-state index contributed by atoms with van der Waals surface area (Å²) in [5.74, 6) is 0. The minimum Gasteiger partial charge on any atom is -0.387 e. The van der Waals surface area contributed by atoms with Crippen LogP contribution in [0.25, 0.3) is 5.69 Å². The summed E-state index contributed by atoms with van der Waals surface area (Å²) in [6, 6.07) is 11.8. The molecule has 0 saturated carbocycles. The maximum absolute atomic E-state index is 12.1. The molecule has 0 amide bonds. The van der Waals surface area contributed by atoms with Gasteiger partial charge in [0, 0.05) is 18.9 Å². The maximum atomic E-state index is 12.1. The van der Waals surface area contributed by atoms with E-state index in [4.69, 9.17) is 11.6 Å². The van der Waals surface area contributed by atoms with Crippen molar-refractivity contribution in [2.24, 2.45) is 0 Å². The third kappa shape index (κ3) is 3.85. The summed E-state index contributed by atoms with van der Waals surface area (Å²) in [6.07, 6.45) is 2.53. The molecular formula is C15H14ClN3O3S2. The molecule has 2 N–H and O–H groups in total. The number of aliphatic hydroxyl groups is 1. The average molecular weight is 384 g/mol. The average Bonchev–Trinajstić information content (AvgIpc) is 3.24. The topological polar surface area (TPSA) is 84.2 Å². The molecule has 3 aromatic rings. The van der Waals surface area contributed by atoms with Crippen LogP contribution in [-0.4, -0.2) is 29.8 Å². The second kappa shape index (κ2) is 7.04. The Labute approximate surface area is 148 Å². The normalized spacial score (nSPS) is 13.1. The maximum Gasteiger partial charge on any atom is 0.250 e. The fourth-order valence-electron chi connectivity index (χ4n) is 2.09. The number of hydrogen-bond acceptors (Lipinski definition) is 5. The summed E-state index contributed by atoms with van der Waals surface area (Å²) in [7, 11) is -3.68. The van der Waals surface area contributed by atoms with Gasteiger partial charge in [0.15, 0.2) is 0 Å². The molecule has 3 rings (SSSR count). The van der Waals surface area contributed by atoms with Gasteiger partial charge < -0.3 is 5.11 Å². The molecule has 0 radical (unpaired) electrons. The lowest BCUT2D eigenvalue weighted by Crippen LogP contribution is -2.28. The predicted molar refractivity (Wildman–Crippen MR) is 93.0 cm³/mol. The second-order valence-corrected chi connectivity index (χ2v) is 8.68. The number of aliphatic hydroxyl groups excluding tert-OH is 1. The molecule has 2 aromatic heterocycles. The molecule has 0 aliphatic carbocycles. The van der Waals surface area contributed by atoms with E-state index in [0.717, 1.165) is 17.0 Å². The van der Waals surface area contributed by atoms with Crippen molar-refractivity contribution >= 4 is 33.0 Å². The molecule has 1 atom stereocenters. The van der Waals surface area contributed by atoms with Gasteiger partial charge in [0.1, 0.15) is 4.21 Å². The number of nitrogens with one attached hydrogen (secondary N) is 1. The number of nitrogens with zero attached hydrogens (tertiary/aromatic N) is 2. The Morgan fingerprint density at radius 1 is 1.25 bits per heavy atom. The molecule has 126 valence electrons. The number of thiophene rings is 1. The lowest BCUT2D eigenvalue weighted by molar-refractivity contribution is 0.182. The molecule has 0 aliphatic rings. The smallest absolute Gasteiger partial charge is 0.250 e. The fraction of sp³-hybridized carbons (Fsp3) is 0.133. The fourth-order valence-corrected chi connectivity index (χ4v) is 4.66. The zero-order chi connectivity index (χ0) is 17.2. The van der Waals surface area contributed by atoms with Crippen LogP contribution in [0.4, 0.5) is 0 Å². The Bertz CT molecular complexity index is 906. The van der Waals surface area contributed by atoms with E-state index >= 15 is 0 Å². The first-order chi connectivity index (χ1) is 11.5. The quantitative estimate of drug-likeness (QED) is 0.685. The standard InChI is InChI=1S/C15H14ClN3O3S2/c16-14-6-7-15(23-14)24(21,22)18-10-13(20)11-2-4-12(5-3-11)19-9-1-8-17-19/h1-9,13,18,20H,10H2. The van der Waals surface area contributed by atoms with E-state index in [1.165, 1.54) is 12.1 Å². The van der Waals surface area contributed by atoms with Crippen molar-refractivity contribution in [3.63, 3.8) is 0 Å². The number of aromatic nitrogens is 2. The molecule has 0 bridgehead atoms. The predicted octanol–water partition coefficient (Wildman–Crippen LogP) is 2.60. The van der Waals surface area contributed by atoms with E-state index in [1.54, 1.807) is 35.1 Å². The Morgan fingerprint density at radius 3 is 2.58 bits per heavy atom. The third-order valence-electron chi connectivity index (χ3n) is 3.33. The van der Waals surface area contributed by atoms with Gasteiger partial charge >= 0.3 is 0 Å². The summed E-state index contributed by atoms with van der Waals surface area (Å²) >= 11 is 6.72. The minimum atomic E-state index is -3.68. The van der Waals surface area contributed by atoms with E-state index in [-0.39, 0.29) is 10.8 Å². The van der Waals surface area contributed by atoms with Gasteiger partial charge in [-0.05, 0) is 35.9 Å². The Kier molecular flexibility index (Phi) is 5.02. The lowest BCUT2D eigenvalue weighted by Gasteiger charge is -2.12. The monoisotopic (exact) mass is 383 g/mol. The van der Waals surface area contributed by atoms with Crippen LogP contribution in [0.2, 0.25) is 4.34 Å². The molecule has 0 aliphatic heterocycles. The molecule has 9 heteroatoms. The summed E-state index contributed by atoms with van der Waals surface area (Å²) in [5, 5.41) is 14.3. The lowest BCUT2D eigenvalue weighted by atomic mass is 10.1. The summed E-state index contributed by atoms with van der Waals surface area (Å²) < 4.78 is 28.8. The first-order valence-electron chi connectivity index (χ1n) is 6.99. The van der Waals surface area contributed by atoms with Crippen LogP contribution in [-0.2, 0) is 10.0 Å². The number of halogens is 1. The number of benzene rings is 1. The highest BCUT2D eigenvalue weighted by Gasteiger charge is 2.18. The largest absolute Gasteiger partial charge is 0.387 e. The summed E-state index contributed by atoms with van der Waals surface area (Å²) in [5.41, 5.74) is 1.46. The van der Waals surface area contributed by atoms with Crippen molar-refractivity contribution in [2.75, 3.05) is 6.54 Å². The van der Waals surface area contributed by atoms with Crippen molar-refractivity contribution in [1.29, 1.82) is 0 Å². The number of sulfonamides is 1. The van der Waals surface area contributed by atoms with Gasteiger partial charge in [0.2, 0.25) is 10.0 Å². The van der Waals surface area contributed by atoms with E-state index in [9.17, 15) is 13.5 Å². The van der Waals surface area contributed by atoms with Crippen LogP contribution in [0.3, 0.4) is 0 Å². The van der Waals surface area contributed by atoms with Gasteiger partial charge in [0.05, 0.1) is 16.1 Å². The Morgan fingerprint density at radius 2 is 2.00 bits per heavy atom. The van der Waals surface area contributed by atoms with Gasteiger partial charge in [-0.1, -0.05) is 23.7 Å². The van der Waals surface area contributed by atoms with Crippen LogP contribution in [0, 0.1) is 0 Å². The highest BCUT2D eigenvalue weighted by atomic mass is 35.5. The van der Waals surface area contributed by atoms with Crippen LogP contribution in [0.1, 0.15) is 11.7 Å². The van der Waals surface area contributed by atoms with Crippen LogP contribution in [0.5, 0.6) is 0 Å². The number of rotatable bonds is 6. The first kappa shape index (κ1) is 17.1. The minimum absolute atomic E-state index is 0.119. The molecule has 24 heavy (non-hydrogen) atoms. The SMILES string of the molecule is O=S(=O)(NCC(O)c1ccc(-n2cccn2)cc1)c1ccc(Cl)s1. The van der Waals surface area contributed by atoms with E-state index in [1.807, 2.05) is 12.3 Å². The van der Waals surface area contributed by atoms with Gasteiger partial charge in [-0.25, -0.2) is 17.8 Å². The molecule has 2 heterocycles. The summed E-state index contributed by atoms with van der Waals surface area (Å²) in [6.45, 7) is -0.126. The molecule has 0 spiro atoms. The molecule has 0 saturated heterocycles. The third-order valence-corrected chi connectivity index (χ3v) is 6.47. The molecule has 1 unspecified atom stereocenters. The van der Waals surface area contributed by atoms with Crippen molar-refractivity contribution in [2.45, 2.75) is 10.3 Å². The van der Waals surface area contributed by atoms with Gasteiger partial charge in [-0.15, -0.1) is 11.3 Å². The van der Waals surface area contributed by atoms with Crippen molar-refractivity contribution < 1.29 is 13.5 Å². The van der Waals surface area contributed by atoms with Crippen molar-refractivity contribution in [3.05, 3.63) is 64.8 Å². The molecule has 1 aromatic carbocycles. The highest BCUT2D eigenvalue weighted by Crippen LogP contribution is 2.25. The second-order valence-electron chi connectivity index (χ2n) is 4.97. The Hall–Kier alpha value is -1.71. The zero-order valence-corrected chi connectivity index (χ0v) is 14.7. The van der Waals surface area contributed by atoms with Gasteiger partial charge in [0.25, 0.3) is 0 Å². The van der Waals surface area contributed by atoms with Crippen molar-refractivity contribution in [1.82, 2.24) is 14.5 Å². The van der Waals surface area contributed by atoms with E-state index in [2.05, 4.69) is 9.82 Å². The van der Waals surface area contributed by atoms with Crippen LogP contribution in [0.15, 0.2) is 59.1 Å². The van der Waals surface area contributed by atoms with Gasteiger partial charge in [-0.2, -0.15) is 5.10 Å². The molecule has 6 nitrogen and oxygen atoms in total. The van der Waals surface area contributed by atoms with Gasteiger partial charge in [-0.3, -0.25) is 0 Å². The number of hydrogen-bond donors (Lipinski definition) is 2. The zero-order valence-electron chi connectivity index (χ0n) is 12.3. The first-order valence-corrected chi connectivity index (χ1v) is 9.66. The Balaban J connectivity index is 1.65. The van der Waals surface area contributed by atoms with E-state index in [0.29, 0.717) is 9.90 Å². The summed E-state index contributed by atoms with van der Waals surface area (Å²) in [4.78, 5) is 0. The van der Waals surface area contributed by atoms with Crippen LogP contribution >= 0.6 is 22.9 Å². The molecule has 0 fully saturated rings. The molecular weight excluding hydrogens is 370 g/mol. The van der Waals surface area contributed by atoms with Crippen LogP contribution < -0.4 is 4.72 Å².